The van der Waals surface area contributed by atoms with Crippen LogP contribution >= 0.6 is 0 Å². The first kappa shape index (κ1) is 22.7. The van der Waals surface area contributed by atoms with Gasteiger partial charge in [-0.3, -0.25) is 14.5 Å². The van der Waals surface area contributed by atoms with Gasteiger partial charge in [0.15, 0.2) is 0 Å². The Morgan fingerprint density at radius 1 is 1.08 bits per heavy atom. The van der Waals surface area contributed by atoms with E-state index in [1.807, 2.05) is 36.4 Å². The molecule has 0 amide bonds. The zero-order chi connectivity index (χ0) is 25.0. The van der Waals surface area contributed by atoms with Gasteiger partial charge in [-0.25, -0.2) is 4.98 Å². The summed E-state index contributed by atoms with van der Waals surface area (Å²) in [5.41, 5.74) is 2.89. The van der Waals surface area contributed by atoms with E-state index < -0.39 is 0 Å². The normalized spacial score (nSPS) is 26.9. The first-order valence-corrected chi connectivity index (χ1v) is 13.5. The summed E-state index contributed by atoms with van der Waals surface area (Å²) in [7, 11) is 0. The van der Waals surface area contributed by atoms with Crippen molar-refractivity contribution in [1.29, 1.82) is 0 Å². The predicted molar refractivity (Wildman–Crippen MR) is 143 cm³/mol. The highest BCUT2D eigenvalue weighted by atomic mass is 16.5. The Morgan fingerprint density at radius 2 is 1.95 bits per heavy atom. The topological polar surface area (TPSA) is 78.5 Å². The van der Waals surface area contributed by atoms with Crippen LogP contribution in [0, 0.1) is 17.3 Å². The highest BCUT2D eigenvalue weighted by molar-refractivity contribution is 5.81. The average Bonchev–Trinajstić information content (AvgIpc) is 2.89. The van der Waals surface area contributed by atoms with Crippen LogP contribution in [-0.4, -0.2) is 47.0 Å². The Bertz CT molecular complexity index is 1450. The monoisotopic (exact) mass is 496 g/mol. The van der Waals surface area contributed by atoms with Crippen LogP contribution in [0.5, 0.6) is 5.75 Å². The number of aromatic nitrogens is 2. The second-order valence-electron chi connectivity index (χ2n) is 11.4. The Hall–Kier alpha value is -3.45. The number of para-hydroxylation sites is 1. The number of hydrogen-bond donors (Lipinski definition) is 1. The van der Waals surface area contributed by atoms with Gasteiger partial charge in [-0.2, -0.15) is 0 Å². The van der Waals surface area contributed by atoms with Crippen molar-refractivity contribution < 1.29 is 9.53 Å². The number of nitrogens with zero attached hydrogens (tertiary/aromatic N) is 3. The van der Waals surface area contributed by atoms with E-state index in [2.05, 4.69) is 31.9 Å². The molecule has 2 heterocycles. The van der Waals surface area contributed by atoms with Crippen molar-refractivity contribution in [2.75, 3.05) is 31.1 Å². The molecule has 5 aliphatic rings. The van der Waals surface area contributed by atoms with Crippen LogP contribution in [-0.2, 0) is 11.3 Å². The third-order valence-corrected chi connectivity index (χ3v) is 8.79. The minimum Gasteiger partial charge on any atom is -0.426 e. The molecule has 1 saturated heterocycles. The molecule has 3 unspecified atom stereocenters. The summed E-state index contributed by atoms with van der Waals surface area (Å²) in [4.78, 5) is 38.0. The Kier molecular flexibility index (Phi) is 5.43. The van der Waals surface area contributed by atoms with Crippen molar-refractivity contribution in [1.82, 2.24) is 14.9 Å². The van der Waals surface area contributed by atoms with E-state index in [4.69, 9.17) is 4.74 Å². The van der Waals surface area contributed by atoms with E-state index in [-0.39, 0.29) is 16.9 Å². The third kappa shape index (κ3) is 4.25. The summed E-state index contributed by atoms with van der Waals surface area (Å²) in [5.74, 6) is 2.53. The molecular formula is C30H32N4O3. The fourth-order valence-electron chi connectivity index (χ4n) is 7.28. The highest BCUT2D eigenvalue weighted by Crippen LogP contribution is 2.57. The molecule has 1 N–H and O–H groups in total. The number of ether oxygens (including phenoxy) is 1. The average molecular weight is 497 g/mol. The molecule has 37 heavy (non-hydrogen) atoms. The van der Waals surface area contributed by atoms with Gasteiger partial charge in [0.25, 0.3) is 5.56 Å². The van der Waals surface area contributed by atoms with Crippen LogP contribution in [0.2, 0.25) is 0 Å². The van der Waals surface area contributed by atoms with Gasteiger partial charge in [0.05, 0.1) is 22.9 Å². The number of rotatable bonds is 5. The number of nitrogens with one attached hydrogen (secondary N) is 1. The van der Waals surface area contributed by atoms with Crippen molar-refractivity contribution in [2.24, 2.45) is 17.3 Å². The Balaban J connectivity index is 0.992. The quantitative estimate of drug-likeness (QED) is 0.323. The molecule has 2 aromatic carbocycles. The molecule has 190 valence electrons. The number of carbonyl (C=O) groups is 1. The Morgan fingerprint density at radius 3 is 2.78 bits per heavy atom. The molecule has 2 saturated carbocycles. The summed E-state index contributed by atoms with van der Waals surface area (Å²) >= 11 is 0. The second kappa shape index (κ2) is 8.84. The van der Waals surface area contributed by atoms with Gasteiger partial charge in [0, 0.05) is 37.9 Å². The second-order valence-corrected chi connectivity index (χ2v) is 11.4. The van der Waals surface area contributed by atoms with Crippen LogP contribution < -0.4 is 15.2 Å². The molecule has 3 fully saturated rings. The van der Waals surface area contributed by atoms with E-state index in [1.165, 1.54) is 18.4 Å². The first-order valence-electron chi connectivity index (χ1n) is 13.5. The van der Waals surface area contributed by atoms with Gasteiger partial charge in [-0.05, 0) is 68.2 Å². The SMILES string of the molecule is O=C(Oc1cccc(N2CCN(Cc3nc4ccccc4c(=O)[nH]3)CC2)c1)C12CC3=CC(CC(C3)C1)C2. The van der Waals surface area contributed by atoms with E-state index in [1.54, 1.807) is 6.07 Å². The number of H-pyrrole nitrogens is 1. The van der Waals surface area contributed by atoms with Crippen LogP contribution in [0.15, 0.2) is 65.0 Å². The largest absolute Gasteiger partial charge is 0.426 e. The lowest BCUT2D eigenvalue weighted by Gasteiger charge is -2.50. The molecule has 0 spiro atoms. The molecule has 0 radical (unpaired) electrons. The molecule has 3 aromatic rings. The number of piperazine rings is 1. The molecule has 7 heteroatoms. The number of fused-ring (bicyclic) bond motifs is 1. The fraction of sp³-hybridized carbons (Fsp3) is 0.433. The zero-order valence-corrected chi connectivity index (χ0v) is 21.0. The van der Waals surface area contributed by atoms with Crippen molar-refractivity contribution in [3.8, 4) is 5.75 Å². The molecule has 3 atom stereocenters. The summed E-state index contributed by atoms with van der Waals surface area (Å²) < 4.78 is 6.03. The maximum absolute atomic E-state index is 13.4. The van der Waals surface area contributed by atoms with E-state index >= 15 is 0 Å². The molecule has 1 aliphatic heterocycles. The number of esters is 1. The number of benzene rings is 2. The molecular weight excluding hydrogens is 464 g/mol. The molecule has 7 nitrogen and oxygen atoms in total. The van der Waals surface area contributed by atoms with Gasteiger partial charge in [-0.15, -0.1) is 0 Å². The van der Waals surface area contributed by atoms with Crippen molar-refractivity contribution >= 4 is 22.6 Å². The lowest BCUT2D eigenvalue weighted by Crippen LogP contribution is -2.47. The number of aromatic amines is 1. The van der Waals surface area contributed by atoms with Crippen molar-refractivity contribution in [2.45, 2.75) is 38.6 Å². The van der Waals surface area contributed by atoms with E-state index in [0.717, 1.165) is 56.6 Å². The molecule has 4 bridgehead atoms. The fourth-order valence-corrected chi connectivity index (χ4v) is 7.28. The summed E-state index contributed by atoms with van der Waals surface area (Å²) in [5, 5.41) is 0.622. The van der Waals surface area contributed by atoms with Gasteiger partial charge >= 0.3 is 5.97 Å². The number of hydrogen-bond acceptors (Lipinski definition) is 6. The van der Waals surface area contributed by atoms with Gasteiger partial charge in [-0.1, -0.05) is 29.8 Å². The van der Waals surface area contributed by atoms with Crippen LogP contribution in [0.1, 0.15) is 37.9 Å². The van der Waals surface area contributed by atoms with Crippen molar-refractivity contribution in [3.05, 3.63) is 76.4 Å². The van der Waals surface area contributed by atoms with Gasteiger partial charge in [0.1, 0.15) is 11.6 Å². The molecule has 4 aliphatic carbocycles. The van der Waals surface area contributed by atoms with Crippen LogP contribution in [0.25, 0.3) is 10.9 Å². The lowest BCUT2D eigenvalue weighted by molar-refractivity contribution is -0.152. The predicted octanol–water partition coefficient (Wildman–Crippen LogP) is 4.29. The Labute approximate surface area is 216 Å². The number of allylic oxidation sites excluding steroid dienone is 2. The highest BCUT2D eigenvalue weighted by Gasteiger charge is 2.52. The molecule has 1 aromatic heterocycles. The van der Waals surface area contributed by atoms with Gasteiger partial charge < -0.3 is 14.6 Å². The number of carbonyl (C=O) groups excluding carboxylic acids is 1. The molecule has 8 rings (SSSR count). The first-order chi connectivity index (χ1) is 18.0. The maximum Gasteiger partial charge on any atom is 0.317 e. The summed E-state index contributed by atoms with van der Waals surface area (Å²) in [6.07, 6.45) is 7.67. The summed E-state index contributed by atoms with van der Waals surface area (Å²) in [6, 6.07) is 15.4. The number of anilines is 1. The summed E-state index contributed by atoms with van der Waals surface area (Å²) in [6.45, 7) is 4.06. The van der Waals surface area contributed by atoms with Crippen LogP contribution in [0.3, 0.4) is 0 Å². The van der Waals surface area contributed by atoms with Crippen LogP contribution in [0.4, 0.5) is 5.69 Å². The lowest BCUT2D eigenvalue weighted by atomic mass is 9.53. The standard InChI is InChI=1S/C30H32N4O3/c35-28-25-6-1-2-7-26(25)31-27(32-28)19-33-8-10-34(11-9-33)23-4-3-5-24(15-23)37-29(36)30-16-20-12-21(17-30)14-22(13-20)18-30/h1-7,12,15,20,22H,8-11,13-14,16-19H2,(H,31,32,35). The minimum atomic E-state index is -0.310. The maximum atomic E-state index is 13.4. The van der Waals surface area contributed by atoms with Gasteiger partial charge in [0.2, 0.25) is 0 Å². The van der Waals surface area contributed by atoms with Crippen molar-refractivity contribution in [3.63, 3.8) is 0 Å². The van der Waals surface area contributed by atoms with E-state index in [0.29, 0.717) is 35.3 Å². The zero-order valence-electron chi connectivity index (χ0n) is 21.0. The van der Waals surface area contributed by atoms with E-state index in [9.17, 15) is 9.59 Å². The minimum absolute atomic E-state index is 0.0358. The third-order valence-electron chi connectivity index (χ3n) is 8.79. The smallest absolute Gasteiger partial charge is 0.317 e.